The van der Waals surface area contributed by atoms with E-state index in [2.05, 4.69) is 12.1 Å². The molecule has 32 heavy (non-hydrogen) atoms. The molecule has 0 heterocycles. The molecule has 0 fully saturated rings. The molecule has 0 aliphatic heterocycles. The quantitative estimate of drug-likeness (QED) is 0.468. The first kappa shape index (κ1) is 22.4. The Balaban J connectivity index is 1.87. The first-order valence-corrected chi connectivity index (χ1v) is 10.3. The molecular formula is C28H26N4. The molecule has 0 saturated carbocycles. The van der Waals surface area contributed by atoms with Crippen molar-refractivity contribution in [3.63, 3.8) is 0 Å². The van der Waals surface area contributed by atoms with Gasteiger partial charge in [-0.15, -0.1) is 0 Å². The highest BCUT2D eigenvalue weighted by Crippen LogP contribution is 2.22. The van der Waals surface area contributed by atoms with E-state index in [4.69, 9.17) is 0 Å². The Labute approximate surface area is 190 Å². The minimum Gasteiger partial charge on any atom is -0.378 e. The van der Waals surface area contributed by atoms with Gasteiger partial charge in [0.2, 0.25) is 0 Å². The van der Waals surface area contributed by atoms with Crippen molar-refractivity contribution in [2.45, 2.75) is 0 Å². The number of anilines is 2. The molecule has 0 unspecified atom stereocenters. The minimum absolute atomic E-state index is 0.535. The van der Waals surface area contributed by atoms with Crippen LogP contribution in [0.5, 0.6) is 0 Å². The van der Waals surface area contributed by atoms with E-state index in [0.29, 0.717) is 11.1 Å². The number of hydrogen-bond acceptors (Lipinski definition) is 4. The molecule has 0 spiro atoms. The van der Waals surface area contributed by atoms with E-state index < -0.39 is 0 Å². The molecule has 0 N–H and O–H groups in total. The summed E-state index contributed by atoms with van der Waals surface area (Å²) in [6.45, 7) is 0. The first-order valence-electron chi connectivity index (χ1n) is 10.3. The second-order valence-electron chi connectivity index (χ2n) is 7.89. The largest absolute Gasteiger partial charge is 0.378 e. The molecular weight excluding hydrogens is 392 g/mol. The Hall–Kier alpha value is -4.28. The first-order chi connectivity index (χ1) is 15.4. The fourth-order valence-corrected chi connectivity index (χ4v) is 3.24. The molecule has 0 amide bonds. The topological polar surface area (TPSA) is 54.1 Å². The molecule has 3 rings (SSSR count). The van der Waals surface area contributed by atoms with E-state index in [-0.39, 0.29) is 0 Å². The zero-order chi connectivity index (χ0) is 23.1. The lowest BCUT2D eigenvalue weighted by atomic mass is 9.97. The van der Waals surface area contributed by atoms with E-state index in [9.17, 15) is 10.5 Å². The highest BCUT2D eigenvalue weighted by atomic mass is 15.1. The summed E-state index contributed by atoms with van der Waals surface area (Å²) >= 11 is 0. The fraction of sp³-hybridized carbons (Fsp3) is 0.143. The van der Waals surface area contributed by atoms with Crippen LogP contribution in [0.2, 0.25) is 0 Å². The lowest BCUT2D eigenvalue weighted by Gasteiger charge is -2.12. The predicted octanol–water partition coefficient (Wildman–Crippen LogP) is 5.90. The van der Waals surface area contributed by atoms with E-state index in [1.165, 1.54) is 0 Å². The van der Waals surface area contributed by atoms with Gasteiger partial charge in [0.25, 0.3) is 0 Å². The van der Waals surface area contributed by atoms with Gasteiger partial charge in [-0.25, -0.2) is 0 Å². The van der Waals surface area contributed by atoms with Crippen molar-refractivity contribution in [1.29, 1.82) is 10.5 Å². The zero-order valence-electron chi connectivity index (χ0n) is 18.9. The summed E-state index contributed by atoms with van der Waals surface area (Å²) in [4.78, 5) is 4.09. The van der Waals surface area contributed by atoms with Gasteiger partial charge in [0.1, 0.15) is 0 Å². The standard InChI is InChI=1S/C28H26N4/c1-31(2)27-13-7-21(8-14-27)5-11-23-17-26(20-30)24(18-25(23)19-29)12-6-22-9-15-28(16-10-22)32(3)4/h5-18H,1-4H3/b11-5+,12-6+. The number of nitrogens with zero attached hydrogens (tertiary/aromatic N) is 4. The lowest BCUT2D eigenvalue weighted by molar-refractivity contribution is 1.13. The molecule has 0 saturated heterocycles. The summed E-state index contributed by atoms with van der Waals surface area (Å²) in [5, 5.41) is 19.3. The lowest BCUT2D eigenvalue weighted by Crippen LogP contribution is -2.07. The monoisotopic (exact) mass is 418 g/mol. The van der Waals surface area contributed by atoms with Gasteiger partial charge in [-0.2, -0.15) is 10.5 Å². The molecule has 3 aromatic carbocycles. The summed E-state index contributed by atoms with van der Waals surface area (Å²) in [5.74, 6) is 0. The van der Waals surface area contributed by atoms with Crippen LogP contribution >= 0.6 is 0 Å². The van der Waals surface area contributed by atoms with Crippen LogP contribution in [-0.4, -0.2) is 28.2 Å². The molecule has 4 heteroatoms. The van der Waals surface area contributed by atoms with Crippen LogP contribution in [0.1, 0.15) is 33.4 Å². The van der Waals surface area contributed by atoms with Crippen molar-refractivity contribution in [2.24, 2.45) is 0 Å². The third-order valence-corrected chi connectivity index (χ3v) is 5.19. The van der Waals surface area contributed by atoms with Crippen LogP contribution < -0.4 is 9.80 Å². The Kier molecular flexibility index (Phi) is 7.11. The van der Waals surface area contributed by atoms with Crippen molar-refractivity contribution in [2.75, 3.05) is 38.0 Å². The third-order valence-electron chi connectivity index (χ3n) is 5.19. The molecule has 3 aromatic rings. The van der Waals surface area contributed by atoms with Gasteiger partial charge < -0.3 is 9.80 Å². The maximum Gasteiger partial charge on any atom is 0.0998 e. The number of nitriles is 2. The molecule has 0 aliphatic rings. The third kappa shape index (κ3) is 5.45. The van der Waals surface area contributed by atoms with Crippen LogP contribution in [0.25, 0.3) is 24.3 Å². The Bertz CT molecular complexity index is 1120. The van der Waals surface area contributed by atoms with Gasteiger partial charge in [0.15, 0.2) is 0 Å². The predicted molar refractivity (Wildman–Crippen MR) is 135 cm³/mol. The molecule has 0 aromatic heterocycles. The van der Waals surface area contributed by atoms with Crippen molar-refractivity contribution in [3.05, 3.63) is 94.0 Å². The van der Waals surface area contributed by atoms with Gasteiger partial charge in [0.05, 0.1) is 23.3 Å². The highest BCUT2D eigenvalue weighted by molar-refractivity contribution is 5.79. The summed E-state index contributed by atoms with van der Waals surface area (Å²) in [6, 6.07) is 24.4. The van der Waals surface area contributed by atoms with E-state index >= 15 is 0 Å². The van der Waals surface area contributed by atoms with E-state index in [0.717, 1.165) is 33.6 Å². The van der Waals surface area contributed by atoms with Crippen LogP contribution in [0.4, 0.5) is 11.4 Å². The van der Waals surface area contributed by atoms with Crippen molar-refractivity contribution >= 4 is 35.7 Å². The molecule has 0 atom stereocenters. The smallest absolute Gasteiger partial charge is 0.0998 e. The number of benzene rings is 3. The van der Waals surface area contributed by atoms with Gasteiger partial charge in [-0.3, -0.25) is 0 Å². The van der Waals surface area contributed by atoms with Gasteiger partial charge in [0, 0.05) is 39.6 Å². The molecule has 0 radical (unpaired) electrons. The normalized spacial score (nSPS) is 10.8. The number of rotatable bonds is 6. The van der Waals surface area contributed by atoms with Crippen molar-refractivity contribution < 1.29 is 0 Å². The zero-order valence-corrected chi connectivity index (χ0v) is 18.9. The van der Waals surface area contributed by atoms with E-state index in [1.807, 2.05) is 111 Å². The SMILES string of the molecule is CN(C)c1ccc(/C=C/c2cc(C#N)c(/C=C/c3ccc(N(C)C)cc3)cc2C#N)cc1. The summed E-state index contributed by atoms with van der Waals surface area (Å²) in [5.41, 5.74) is 6.84. The minimum atomic E-state index is 0.535. The van der Waals surface area contributed by atoms with E-state index in [1.54, 1.807) is 12.1 Å². The van der Waals surface area contributed by atoms with Crippen LogP contribution in [0.15, 0.2) is 60.7 Å². The van der Waals surface area contributed by atoms with Gasteiger partial charge in [-0.05, 0) is 58.7 Å². The van der Waals surface area contributed by atoms with Crippen LogP contribution in [0, 0.1) is 22.7 Å². The Morgan fingerprint density at radius 1 is 0.562 bits per heavy atom. The summed E-state index contributed by atoms with van der Waals surface area (Å²) < 4.78 is 0. The molecule has 0 aliphatic carbocycles. The number of hydrogen-bond donors (Lipinski definition) is 0. The maximum atomic E-state index is 9.67. The van der Waals surface area contributed by atoms with Gasteiger partial charge in [-0.1, -0.05) is 48.6 Å². The van der Waals surface area contributed by atoms with Crippen molar-refractivity contribution in [1.82, 2.24) is 0 Å². The summed E-state index contributed by atoms with van der Waals surface area (Å²) in [6.07, 6.45) is 7.69. The maximum absolute atomic E-state index is 9.67. The molecule has 0 bridgehead atoms. The Morgan fingerprint density at radius 3 is 1.19 bits per heavy atom. The second kappa shape index (κ2) is 10.2. The molecule has 4 nitrogen and oxygen atoms in total. The second-order valence-corrected chi connectivity index (χ2v) is 7.89. The van der Waals surface area contributed by atoms with Crippen LogP contribution in [0.3, 0.4) is 0 Å². The highest BCUT2D eigenvalue weighted by Gasteiger charge is 2.07. The fourth-order valence-electron chi connectivity index (χ4n) is 3.24. The average Bonchev–Trinajstić information content (AvgIpc) is 2.81. The van der Waals surface area contributed by atoms with Crippen LogP contribution in [-0.2, 0) is 0 Å². The summed E-state index contributed by atoms with van der Waals surface area (Å²) in [7, 11) is 8.01. The van der Waals surface area contributed by atoms with Crippen molar-refractivity contribution in [3.8, 4) is 12.1 Å². The average molecular weight is 419 g/mol. The Morgan fingerprint density at radius 2 is 0.906 bits per heavy atom. The molecule has 158 valence electrons. The van der Waals surface area contributed by atoms with Gasteiger partial charge >= 0.3 is 0 Å².